The summed E-state index contributed by atoms with van der Waals surface area (Å²) < 4.78 is 44.5. The molecule has 1 unspecified atom stereocenters. The van der Waals surface area contributed by atoms with Gasteiger partial charge in [0.2, 0.25) is 0 Å². The van der Waals surface area contributed by atoms with Crippen molar-refractivity contribution in [2.75, 3.05) is 13.1 Å². The molecule has 0 saturated carbocycles. The monoisotopic (exact) mass is 467 g/mol. The minimum atomic E-state index is -1.49. The fraction of sp³-hybridized carbons (Fsp3) is 0.409. The van der Waals surface area contributed by atoms with Gasteiger partial charge in [-0.05, 0) is 49.6 Å². The second kappa shape index (κ2) is 8.48. The van der Waals surface area contributed by atoms with E-state index in [1.54, 1.807) is 6.20 Å². The highest BCUT2D eigenvalue weighted by atomic mass is 79.9. The van der Waals surface area contributed by atoms with Gasteiger partial charge in [-0.2, -0.15) is 5.10 Å². The van der Waals surface area contributed by atoms with E-state index >= 15 is 0 Å². The lowest BCUT2D eigenvalue weighted by molar-refractivity contribution is 0.0975. The maximum atomic E-state index is 14.8. The first-order chi connectivity index (χ1) is 13.7. The van der Waals surface area contributed by atoms with E-state index in [4.69, 9.17) is 0 Å². The number of rotatable bonds is 3. The van der Waals surface area contributed by atoms with Gasteiger partial charge in [-0.15, -0.1) is 0 Å². The summed E-state index contributed by atoms with van der Waals surface area (Å²) in [5, 5.41) is 7.94. The van der Waals surface area contributed by atoms with Crippen LogP contribution in [0.25, 0.3) is 10.9 Å². The Bertz CT molecular complexity index is 987. The lowest BCUT2D eigenvalue weighted by Gasteiger charge is -2.40. The van der Waals surface area contributed by atoms with Gasteiger partial charge in [0.1, 0.15) is 17.3 Å². The van der Waals surface area contributed by atoms with Gasteiger partial charge in [-0.25, -0.2) is 13.2 Å². The van der Waals surface area contributed by atoms with E-state index in [0.717, 1.165) is 22.0 Å². The molecule has 1 N–H and O–H groups in total. The molecule has 0 amide bonds. The third-order valence-electron chi connectivity index (χ3n) is 4.98. The lowest BCUT2D eigenvalue weighted by atomic mass is 9.85. The Morgan fingerprint density at radius 3 is 2.48 bits per heavy atom. The van der Waals surface area contributed by atoms with Crippen molar-refractivity contribution >= 4 is 26.8 Å². The predicted molar refractivity (Wildman–Crippen MR) is 114 cm³/mol. The predicted octanol–water partition coefficient (Wildman–Crippen LogP) is 6.33. The van der Waals surface area contributed by atoms with Crippen LogP contribution in [-0.4, -0.2) is 33.9 Å². The van der Waals surface area contributed by atoms with Gasteiger partial charge in [0, 0.05) is 28.5 Å². The van der Waals surface area contributed by atoms with E-state index < -0.39 is 23.3 Å². The summed E-state index contributed by atoms with van der Waals surface area (Å²) in [5.74, 6) is -1.29. The van der Waals surface area contributed by atoms with Crippen molar-refractivity contribution in [3.8, 4) is 0 Å². The average molecular weight is 468 g/mol. The normalized spacial score (nSPS) is 17.0. The Labute approximate surface area is 177 Å². The van der Waals surface area contributed by atoms with E-state index in [1.807, 2.05) is 30.9 Å². The fourth-order valence-electron chi connectivity index (χ4n) is 4.02. The van der Waals surface area contributed by atoms with Gasteiger partial charge in [0.05, 0.1) is 17.8 Å². The van der Waals surface area contributed by atoms with Crippen molar-refractivity contribution in [2.24, 2.45) is 0 Å². The maximum Gasteiger partial charge on any atom is 0.132 e. The quantitative estimate of drug-likeness (QED) is 0.488. The Morgan fingerprint density at radius 2 is 1.86 bits per heavy atom. The van der Waals surface area contributed by atoms with Crippen molar-refractivity contribution < 1.29 is 13.2 Å². The summed E-state index contributed by atoms with van der Waals surface area (Å²) in [6.45, 7) is 7.54. The van der Waals surface area contributed by atoms with Crippen LogP contribution in [0.1, 0.15) is 50.4 Å². The molecule has 3 nitrogen and oxygen atoms in total. The molecule has 0 saturated heterocycles. The Hall–Kier alpha value is -1.86. The molecule has 2 aromatic carbocycles. The molecule has 1 aromatic heterocycles. The second-order valence-corrected chi connectivity index (χ2v) is 8.51. The van der Waals surface area contributed by atoms with Crippen LogP contribution in [-0.2, 0) is 6.42 Å². The largest absolute Gasteiger partial charge is 0.289 e. The van der Waals surface area contributed by atoms with Crippen LogP contribution in [0.4, 0.5) is 13.2 Å². The maximum absolute atomic E-state index is 14.8. The van der Waals surface area contributed by atoms with Crippen LogP contribution >= 0.6 is 15.9 Å². The van der Waals surface area contributed by atoms with Crippen molar-refractivity contribution in [3.05, 3.63) is 63.3 Å². The first-order valence-electron chi connectivity index (χ1n) is 9.77. The molecular weight excluding hydrogens is 443 g/mol. The molecule has 1 aliphatic heterocycles. The minimum Gasteiger partial charge on any atom is -0.289 e. The summed E-state index contributed by atoms with van der Waals surface area (Å²) in [7, 11) is 0. The molecule has 3 aromatic rings. The van der Waals surface area contributed by atoms with Crippen LogP contribution < -0.4 is 0 Å². The highest BCUT2D eigenvalue weighted by molar-refractivity contribution is 9.10. The van der Waals surface area contributed by atoms with E-state index in [0.29, 0.717) is 17.4 Å². The zero-order chi connectivity index (χ0) is 21.3. The number of fused-ring (bicyclic) bond motifs is 3. The number of aromatic amines is 1. The summed E-state index contributed by atoms with van der Waals surface area (Å²) in [6.07, 6.45) is 2.40. The van der Waals surface area contributed by atoms with Crippen LogP contribution in [0, 0.1) is 11.6 Å². The molecule has 1 atom stereocenters. The van der Waals surface area contributed by atoms with Gasteiger partial charge in [-0.1, -0.05) is 35.8 Å². The smallest absolute Gasteiger partial charge is 0.132 e. The highest BCUT2D eigenvalue weighted by Gasteiger charge is 2.36. The topological polar surface area (TPSA) is 31.9 Å². The zero-order valence-corrected chi connectivity index (χ0v) is 18.6. The number of nitrogens with one attached hydrogen (secondary N) is 1. The lowest BCUT2D eigenvalue weighted by Crippen LogP contribution is -2.43. The second-order valence-electron chi connectivity index (χ2n) is 7.59. The number of alkyl halides is 1. The molecule has 7 heteroatoms. The third kappa shape index (κ3) is 4.36. The summed E-state index contributed by atoms with van der Waals surface area (Å²) >= 11 is 3.13. The van der Waals surface area contributed by atoms with E-state index in [-0.39, 0.29) is 12.1 Å². The number of nitrogens with zero attached hydrogens (tertiary/aromatic N) is 2. The Morgan fingerprint density at radius 1 is 1.21 bits per heavy atom. The van der Waals surface area contributed by atoms with E-state index in [9.17, 15) is 13.2 Å². The summed E-state index contributed by atoms with van der Waals surface area (Å²) in [6, 6.07) is 5.52. The SMILES string of the molecule is CC.CC(C)(F)CN1CCc2c(ccc3[nH]ncc23)C1c1c(F)cc(Br)cc1F. The number of benzene rings is 2. The average Bonchev–Trinajstić information content (AvgIpc) is 3.11. The standard InChI is InChI=1S/C20H19BrF3N3.C2H6/c1-20(2,24)10-27-6-5-12-13(3-4-17-14(12)9-25-26-17)19(27)18-15(22)7-11(21)8-16(18)23;1-2/h3-4,7-9,19H,5-6,10H2,1-2H3,(H,25,26);1-2H3. The molecule has 29 heavy (non-hydrogen) atoms. The molecule has 0 aliphatic carbocycles. The van der Waals surface area contributed by atoms with Gasteiger partial charge in [0.25, 0.3) is 0 Å². The number of aromatic nitrogens is 2. The first kappa shape index (κ1) is 21.8. The van der Waals surface area contributed by atoms with Crippen LogP contribution in [0.2, 0.25) is 0 Å². The fourth-order valence-corrected chi connectivity index (χ4v) is 4.42. The third-order valence-corrected chi connectivity index (χ3v) is 5.43. The molecule has 156 valence electrons. The molecule has 1 aliphatic rings. The van der Waals surface area contributed by atoms with Crippen LogP contribution in [0.5, 0.6) is 0 Å². The summed E-state index contributed by atoms with van der Waals surface area (Å²) in [5.41, 5.74) is 1.13. The molecule has 0 bridgehead atoms. The van der Waals surface area contributed by atoms with Gasteiger partial charge in [0.15, 0.2) is 0 Å². The van der Waals surface area contributed by atoms with Crippen molar-refractivity contribution in [1.82, 2.24) is 15.1 Å². The number of hydrogen-bond donors (Lipinski definition) is 1. The van der Waals surface area contributed by atoms with Crippen LogP contribution in [0.3, 0.4) is 0 Å². The van der Waals surface area contributed by atoms with E-state index in [2.05, 4.69) is 26.1 Å². The number of H-pyrrole nitrogens is 1. The molecule has 2 heterocycles. The van der Waals surface area contributed by atoms with Gasteiger partial charge < -0.3 is 0 Å². The van der Waals surface area contributed by atoms with Crippen molar-refractivity contribution in [3.63, 3.8) is 0 Å². The number of halogens is 4. The zero-order valence-electron chi connectivity index (χ0n) is 17.0. The van der Waals surface area contributed by atoms with Crippen LogP contribution in [0.15, 0.2) is 34.9 Å². The molecular formula is C22H25BrF3N3. The Balaban J connectivity index is 0.00000117. The number of hydrogen-bond acceptors (Lipinski definition) is 2. The molecule has 0 fully saturated rings. The molecule has 4 rings (SSSR count). The Kier molecular flexibility index (Phi) is 6.39. The molecule has 0 radical (unpaired) electrons. The van der Waals surface area contributed by atoms with Crippen molar-refractivity contribution in [1.29, 1.82) is 0 Å². The van der Waals surface area contributed by atoms with E-state index in [1.165, 1.54) is 26.0 Å². The van der Waals surface area contributed by atoms with Crippen molar-refractivity contribution in [2.45, 2.75) is 45.8 Å². The minimum absolute atomic E-state index is 0.0498. The first-order valence-corrected chi connectivity index (χ1v) is 10.6. The van der Waals surface area contributed by atoms with Gasteiger partial charge in [-0.3, -0.25) is 10.00 Å². The molecule has 0 spiro atoms. The summed E-state index contributed by atoms with van der Waals surface area (Å²) in [4.78, 5) is 1.82. The highest BCUT2D eigenvalue weighted by Crippen LogP contribution is 2.41. The van der Waals surface area contributed by atoms with Gasteiger partial charge >= 0.3 is 0 Å².